The van der Waals surface area contributed by atoms with E-state index < -0.39 is 0 Å². The van der Waals surface area contributed by atoms with Crippen LogP contribution in [0.3, 0.4) is 0 Å². The Labute approximate surface area is 124 Å². The molecule has 0 spiro atoms. The molecular weight excluding hydrogens is 420 g/mol. The molecule has 0 saturated carbocycles. The lowest BCUT2D eigenvalue weighted by molar-refractivity contribution is 1.10. The number of rotatable bonds is 2. The topological polar surface area (TPSA) is 57.8 Å². The van der Waals surface area contributed by atoms with Crippen LogP contribution in [0.15, 0.2) is 33.8 Å². The van der Waals surface area contributed by atoms with E-state index in [9.17, 15) is 4.79 Å². The molecule has 1 aromatic carbocycles. The summed E-state index contributed by atoms with van der Waals surface area (Å²) in [6, 6.07) is 5.35. The Morgan fingerprint density at radius 2 is 2.24 bits per heavy atom. The van der Waals surface area contributed by atoms with Gasteiger partial charge in [0.15, 0.2) is 5.82 Å². The van der Waals surface area contributed by atoms with Crippen LogP contribution < -0.4 is 10.9 Å². The molecule has 7 heteroatoms. The van der Waals surface area contributed by atoms with Gasteiger partial charge < -0.3 is 10.3 Å². The quantitative estimate of drug-likeness (QED) is 0.723. The lowest BCUT2D eigenvalue weighted by atomic mass is 10.3. The Hall–Kier alpha value is -0.600. The predicted octanol–water partition coefficient (Wildman–Crippen LogP) is 3.53. The van der Waals surface area contributed by atoms with E-state index in [2.05, 4.69) is 31.2 Å². The van der Waals surface area contributed by atoms with E-state index in [1.54, 1.807) is 12.1 Å². The second-order valence-electron chi connectivity index (χ2n) is 3.14. The van der Waals surface area contributed by atoms with E-state index in [4.69, 9.17) is 11.6 Å². The van der Waals surface area contributed by atoms with Crippen LogP contribution in [-0.4, -0.2) is 9.97 Å². The van der Waals surface area contributed by atoms with Gasteiger partial charge in [0, 0.05) is 9.50 Å². The Morgan fingerprint density at radius 1 is 1.47 bits per heavy atom. The van der Waals surface area contributed by atoms with Crippen LogP contribution in [0.25, 0.3) is 0 Å². The molecule has 0 saturated heterocycles. The molecule has 2 aromatic rings. The highest BCUT2D eigenvalue weighted by atomic mass is 127. The number of aromatic nitrogens is 2. The molecule has 4 nitrogen and oxygen atoms in total. The molecule has 0 aliphatic heterocycles. The standard InChI is InChI=1S/C10H6BrClIN3O/c11-6-2-1-5(12)3-7(6)16-9-8(13)10(17)15-4-14-9/h1-4H,(H2,14,15,16,17). The van der Waals surface area contributed by atoms with Gasteiger partial charge in [0.05, 0.1) is 12.0 Å². The van der Waals surface area contributed by atoms with Gasteiger partial charge in [-0.05, 0) is 56.7 Å². The van der Waals surface area contributed by atoms with Gasteiger partial charge in [-0.1, -0.05) is 11.6 Å². The molecule has 0 bridgehead atoms. The first kappa shape index (κ1) is 12.8. The van der Waals surface area contributed by atoms with Gasteiger partial charge >= 0.3 is 0 Å². The number of nitrogens with zero attached hydrogens (tertiary/aromatic N) is 1. The van der Waals surface area contributed by atoms with Crippen molar-refractivity contribution in [3.8, 4) is 0 Å². The molecule has 2 rings (SSSR count). The first-order valence-corrected chi connectivity index (χ1v) is 6.78. The van der Waals surface area contributed by atoms with Crippen molar-refractivity contribution >= 4 is 61.6 Å². The fourth-order valence-corrected chi connectivity index (χ4v) is 2.14. The lowest BCUT2D eigenvalue weighted by Gasteiger charge is -2.08. The average Bonchev–Trinajstić information content (AvgIpc) is 2.30. The molecule has 17 heavy (non-hydrogen) atoms. The van der Waals surface area contributed by atoms with Crippen LogP contribution in [-0.2, 0) is 0 Å². The van der Waals surface area contributed by atoms with Gasteiger partial charge in [-0.25, -0.2) is 4.98 Å². The molecule has 1 aromatic heterocycles. The van der Waals surface area contributed by atoms with Gasteiger partial charge in [-0.3, -0.25) is 4.79 Å². The molecule has 0 aliphatic rings. The Morgan fingerprint density at radius 3 is 3.00 bits per heavy atom. The summed E-state index contributed by atoms with van der Waals surface area (Å²) in [4.78, 5) is 18.0. The van der Waals surface area contributed by atoms with E-state index >= 15 is 0 Å². The number of hydrogen-bond donors (Lipinski definition) is 2. The van der Waals surface area contributed by atoms with Crippen molar-refractivity contribution in [1.29, 1.82) is 0 Å². The molecule has 0 atom stereocenters. The first-order chi connectivity index (χ1) is 8.08. The van der Waals surface area contributed by atoms with Crippen molar-refractivity contribution in [2.45, 2.75) is 0 Å². The molecular formula is C10H6BrClIN3O. The minimum Gasteiger partial charge on any atom is -0.338 e. The highest BCUT2D eigenvalue weighted by Crippen LogP contribution is 2.28. The van der Waals surface area contributed by atoms with Crippen molar-refractivity contribution in [1.82, 2.24) is 9.97 Å². The second kappa shape index (κ2) is 5.36. The number of hydrogen-bond acceptors (Lipinski definition) is 3. The third kappa shape index (κ3) is 2.99. The molecule has 88 valence electrons. The zero-order chi connectivity index (χ0) is 12.4. The summed E-state index contributed by atoms with van der Waals surface area (Å²) < 4.78 is 1.34. The third-order valence-corrected chi connectivity index (χ3v) is 3.91. The summed E-state index contributed by atoms with van der Waals surface area (Å²) >= 11 is 11.2. The van der Waals surface area contributed by atoms with E-state index in [1.165, 1.54) is 6.33 Å². The van der Waals surface area contributed by atoms with Crippen LogP contribution in [0.4, 0.5) is 11.5 Å². The first-order valence-electron chi connectivity index (χ1n) is 4.53. The summed E-state index contributed by atoms with van der Waals surface area (Å²) in [5.74, 6) is 0.498. The maximum Gasteiger partial charge on any atom is 0.266 e. The van der Waals surface area contributed by atoms with Gasteiger partial charge in [-0.2, -0.15) is 0 Å². The SMILES string of the molecule is O=c1[nH]cnc(Nc2cc(Cl)ccc2Br)c1I. The van der Waals surface area contributed by atoms with E-state index in [0.717, 1.165) is 10.2 Å². The van der Waals surface area contributed by atoms with Crippen molar-refractivity contribution in [3.63, 3.8) is 0 Å². The van der Waals surface area contributed by atoms with Gasteiger partial charge in [-0.15, -0.1) is 0 Å². The average molecular weight is 426 g/mol. The minimum absolute atomic E-state index is 0.179. The smallest absolute Gasteiger partial charge is 0.266 e. The number of benzene rings is 1. The summed E-state index contributed by atoms with van der Waals surface area (Å²) in [7, 11) is 0. The third-order valence-electron chi connectivity index (χ3n) is 1.98. The highest BCUT2D eigenvalue weighted by molar-refractivity contribution is 14.1. The minimum atomic E-state index is -0.179. The molecule has 0 fully saturated rings. The summed E-state index contributed by atoms with van der Waals surface area (Å²) in [5.41, 5.74) is 0.578. The van der Waals surface area contributed by atoms with Gasteiger partial charge in [0.2, 0.25) is 0 Å². The Balaban J connectivity index is 2.41. The second-order valence-corrected chi connectivity index (χ2v) is 5.51. The predicted molar refractivity (Wildman–Crippen MR) is 80.0 cm³/mol. The summed E-state index contributed by atoms with van der Waals surface area (Å²) in [6.45, 7) is 0. The maximum atomic E-state index is 11.4. The van der Waals surface area contributed by atoms with Crippen molar-refractivity contribution in [2.75, 3.05) is 5.32 Å². The van der Waals surface area contributed by atoms with E-state index in [-0.39, 0.29) is 5.56 Å². The molecule has 2 N–H and O–H groups in total. The van der Waals surface area contributed by atoms with Crippen molar-refractivity contribution in [2.24, 2.45) is 0 Å². The molecule has 0 amide bonds. The van der Waals surface area contributed by atoms with Crippen LogP contribution in [0.5, 0.6) is 0 Å². The number of aromatic amines is 1. The van der Waals surface area contributed by atoms with E-state index in [1.807, 2.05) is 28.7 Å². The van der Waals surface area contributed by atoms with Crippen molar-refractivity contribution in [3.05, 3.63) is 47.9 Å². The van der Waals surface area contributed by atoms with Crippen LogP contribution in [0.2, 0.25) is 5.02 Å². The Bertz CT molecular complexity index is 617. The van der Waals surface area contributed by atoms with Crippen LogP contribution in [0, 0.1) is 3.57 Å². The number of H-pyrrole nitrogens is 1. The zero-order valence-corrected chi connectivity index (χ0v) is 12.8. The summed E-state index contributed by atoms with van der Waals surface area (Å²) in [6.07, 6.45) is 1.35. The number of anilines is 2. The maximum absolute atomic E-state index is 11.4. The normalized spacial score (nSPS) is 10.3. The monoisotopic (exact) mass is 425 g/mol. The fraction of sp³-hybridized carbons (Fsp3) is 0. The zero-order valence-electron chi connectivity index (χ0n) is 8.30. The lowest BCUT2D eigenvalue weighted by Crippen LogP contribution is -2.13. The summed E-state index contributed by atoms with van der Waals surface area (Å²) in [5, 5.41) is 3.66. The van der Waals surface area contributed by atoms with Crippen molar-refractivity contribution < 1.29 is 0 Å². The molecule has 0 aliphatic carbocycles. The largest absolute Gasteiger partial charge is 0.338 e. The molecule has 0 radical (unpaired) electrons. The fourth-order valence-electron chi connectivity index (χ4n) is 1.19. The van der Waals surface area contributed by atoms with Gasteiger partial charge in [0.1, 0.15) is 3.57 Å². The van der Waals surface area contributed by atoms with Gasteiger partial charge in [0.25, 0.3) is 5.56 Å². The number of nitrogens with one attached hydrogen (secondary N) is 2. The molecule has 0 unspecified atom stereocenters. The number of halogens is 3. The molecule has 1 heterocycles. The van der Waals surface area contributed by atoms with Crippen LogP contribution >= 0.6 is 50.1 Å². The highest BCUT2D eigenvalue weighted by Gasteiger charge is 2.07. The van der Waals surface area contributed by atoms with Crippen LogP contribution in [0.1, 0.15) is 0 Å². The Kier molecular flexibility index (Phi) is 4.05. The van der Waals surface area contributed by atoms with E-state index in [0.29, 0.717) is 14.4 Å².